The van der Waals surface area contributed by atoms with Gasteiger partial charge in [-0.25, -0.2) is 0 Å². The van der Waals surface area contributed by atoms with Crippen molar-refractivity contribution in [3.8, 4) is 5.75 Å². The molecule has 1 amide bonds. The summed E-state index contributed by atoms with van der Waals surface area (Å²) in [5, 5.41) is 9.88. The van der Waals surface area contributed by atoms with Gasteiger partial charge in [0.15, 0.2) is 0 Å². The van der Waals surface area contributed by atoms with Gasteiger partial charge in [-0.05, 0) is 49.5 Å². The molecule has 4 aliphatic rings. The molecule has 0 aromatic heterocycles. The van der Waals surface area contributed by atoms with Crippen molar-refractivity contribution in [3.63, 3.8) is 0 Å². The van der Waals surface area contributed by atoms with Crippen molar-refractivity contribution < 1.29 is 14.6 Å². The number of phenols is 1. The largest absolute Gasteiger partial charge is 0.508 e. The van der Waals surface area contributed by atoms with Gasteiger partial charge in [-0.15, -0.1) is 0 Å². The first kappa shape index (κ1) is 15.9. The average Bonchev–Trinajstić information content (AvgIpc) is 3.03. The number of hydrogen-bond acceptors (Lipinski definition) is 4. The number of aromatic hydroxyl groups is 1. The molecular formula is C19H26N2O3. The Labute approximate surface area is 143 Å². The molecule has 0 saturated carbocycles. The normalized spacial score (nSPS) is 34.4. The Hall–Kier alpha value is -1.59. The number of phenolic OH excluding ortho intramolecular Hbond substituents is 1. The fraction of sp³-hybridized carbons (Fsp3) is 0.632. The predicted molar refractivity (Wildman–Crippen MR) is 90.9 cm³/mol. The van der Waals surface area contributed by atoms with Crippen molar-refractivity contribution in [2.24, 2.45) is 5.92 Å². The number of piperidine rings is 3. The Bertz CT molecular complexity index is 612. The molecule has 5 nitrogen and oxygen atoms in total. The molecule has 0 spiro atoms. The fourth-order valence-electron chi connectivity index (χ4n) is 5.09. The highest BCUT2D eigenvalue weighted by Crippen LogP contribution is 2.46. The van der Waals surface area contributed by atoms with Crippen LogP contribution in [-0.4, -0.2) is 66.2 Å². The zero-order valence-corrected chi connectivity index (χ0v) is 14.2. The molecule has 0 radical (unpaired) electrons. The van der Waals surface area contributed by atoms with Crippen molar-refractivity contribution in [1.29, 1.82) is 0 Å². The molecule has 4 heterocycles. The Morgan fingerprint density at radius 3 is 2.79 bits per heavy atom. The number of rotatable bonds is 4. The molecule has 5 rings (SSSR count). The lowest BCUT2D eigenvalue weighted by Gasteiger charge is -2.51. The van der Waals surface area contributed by atoms with Crippen LogP contribution in [0.4, 0.5) is 0 Å². The van der Waals surface area contributed by atoms with Crippen LogP contribution in [0.5, 0.6) is 5.75 Å². The van der Waals surface area contributed by atoms with Crippen LogP contribution in [0.1, 0.15) is 30.7 Å². The van der Waals surface area contributed by atoms with Gasteiger partial charge in [0, 0.05) is 25.6 Å². The van der Waals surface area contributed by atoms with Crippen LogP contribution in [0.25, 0.3) is 0 Å². The number of carbonyl (C=O) groups excluding carboxylic acids is 1. The van der Waals surface area contributed by atoms with E-state index in [0.29, 0.717) is 36.8 Å². The molecule has 24 heavy (non-hydrogen) atoms. The Morgan fingerprint density at radius 2 is 2.08 bits per heavy atom. The third kappa shape index (κ3) is 2.60. The molecule has 1 aromatic carbocycles. The van der Waals surface area contributed by atoms with E-state index in [4.69, 9.17) is 4.74 Å². The number of likely N-dealkylation sites (tertiary alicyclic amines) is 1. The number of ether oxygens (including phenoxy) is 1. The second-order valence-electron chi connectivity index (χ2n) is 7.34. The van der Waals surface area contributed by atoms with Gasteiger partial charge >= 0.3 is 0 Å². The molecule has 0 unspecified atom stereocenters. The Balaban J connectivity index is 1.65. The van der Waals surface area contributed by atoms with Crippen molar-refractivity contribution in [3.05, 3.63) is 29.8 Å². The molecular weight excluding hydrogens is 304 g/mol. The molecule has 4 aliphatic heterocycles. The zero-order valence-electron chi connectivity index (χ0n) is 14.2. The first-order valence-electron chi connectivity index (χ1n) is 9.00. The summed E-state index contributed by atoms with van der Waals surface area (Å²) < 4.78 is 5.11. The Morgan fingerprint density at radius 1 is 1.29 bits per heavy atom. The quantitative estimate of drug-likeness (QED) is 0.915. The molecule has 5 heteroatoms. The number of methoxy groups -OCH3 is 1. The van der Waals surface area contributed by atoms with E-state index in [9.17, 15) is 9.90 Å². The minimum atomic E-state index is 0.211. The molecule has 1 aromatic rings. The van der Waals surface area contributed by atoms with E-state index < -0.39 is 0 Å². The molecule has 2 bridgehead atoms. The van der Waals surface area contributed by atoms with E-state index in [0.717, 1.165) is 25.2 Å². The molecule has 3 atom stereocenters. The maximum Gasteiger partial charge on any atom is 0.225 e. The second-order valence-corrected chi connectivity index (χ2v) is 7.34. The number of fused-ring (bicyclic) bond motifs is 2. The van der Waals surface area contributed by atoms with Gasteiger partial charge in [-0.3, -0.25) is 9.69 Å². The maximum absolute atomic E-state index is 12.8. The smallest absolute Gasteiger partial charge is 0.225 e. The van der Waals surface area contributed by atoms with Crippen LogP contribution < -0.4 is 0 Å². The maximum atomic E-state index is 12.8. The summed E-state index contributed by atoms with van der Waals surface area (Å²) >= 11 is 0. The topological polar surface area (TPSA) is 53.0 Å². The SMILES string of the molecule is COCCC(=O)N1C[C@@H](c2cccc(O)c2)[C@@H]2[C@H]1C1CCN2CC1. The fourth-order valence-corrected chi connectivity index (χ4v) is 5.09. The standard InChI is InChI=1S/C19H26N2O3/c1-24-10-7-17(23)21-12-16(14-3-2-4-15(22)11-14)19-18(21)13-5-8-20(19)9-6-13/h2-4,11,13,16,18-19,22H,5-10,12H2,1H3/t16-,18+,19+/m0/s1. The highest BCUT2D eigenvalue weighted by atomic mass is 16.5. The number of amides is 1. The number of benzene rings is 1. The number of nitrogens with zero attached hydrogens (tertiary/aromatic N) is 2. The Kier molecular flexibility index (Phi) is 4.22. The van der Waals surface area contributed by atoms with Crippen LogP contribution in [0.2, 0.25) is 0 Å². The summed E-state index contributed by atoms with van der Waals surface area (Å²) in [5.41, 5.74) is 1.15. The summed E-state index contributed by atoms with van der Waals surface area (Å²) in [7, 11) is 1.64. The van der Waals surface area contributed by atoms with Gasteiger partial charge in [-0.2, -0.15) is 0 Å². The summed E-state index contributed by atoms with van der Waals surface area (Å²) in [6.45, 7) is 3.52. The highest BCUT2D eigenvalue weighted by Gasteiger charge is 2.54. The van der Waals surface area contributed by atoms with Gasteiger partial charge in [0.25, 0.3) is 0 Å². The zero-order chi connectivity index (χ0) is 16.7. The minimum absolute atomic E-state index is 0.211. The van der Waals surface area contributed by atoms with Crippen molar-refractivity contribution in [1.82, 2.24) is 9.80 Å². The minimum Gasteiger partial charge on any atom is -0.508 e. The molecule has 4 fully saturated rings. The van der Waals surface area contributed by atoms with E-state index in [2.05, 4.69) is 15.9 Å². The van der Waals surface area contributed by atoms with Crippen LogP contribution in [0, 0.1) is 5.92 Å². The second kappa shape index (κ2) is 6.37. The first-order valence-corrected chi connectivity index (χ1v) is 9.00. The van der Waals surface area contributed by atoms with Crippen LogP contribution >= 0.6 is 0 Å². The molecule has 4 saturated heterocycles. The van der Waals surface area contributed by atoms with Crippen LogP contribution in [0.15, 0.2) is 24.3 Å². The lowest BCUT2D eigenvalue weighted by molar-refractivity contribution is -0.136. The van der Waals surface area contributed by atoms with Crippen molar-refractivity contribution >= 4 is 5.91 Å². The van der Waals surface area contributed by atoms with Crippen LogP contribution in [-0.2, 0) is 9.53 Å². The van der Waals surface area contributed by atoms with E-state index in [-0.39, 0.29) is 11.8 Å². The number of hydrogen-bond donors (Lipinski definition) is 1. The van der Waals surface area contributed by atoms with Gasteiger partial charge in [-0.1, -0.05) is 12.1 Å². The van der Waals surface area contributed by atoms with E-state index in [1.54, 1.807) is 13.2 Å². The predicted octanol–water partition coefficient (Wildman–Crippen LogP) is 1.82. The molecule has 1 N–H and O–H groups in total. The van der Waals surface area contributed by atoms with Crippen molar-refractivity contribution in [2.45, 2.75) is 37.3 Å². The third-order valence-corrected chi connectivity index (χ3v) is 6.13. The number of carbonyl (C=O) groups is 1. The summed E-state index contributed by atoms with van der Waals surface area (Å²) in [5.74, 6) is 1.43. The van der Waals surface area contributed by atoms with E-state index in [1.165, 1.54) is 12.8 Å². The van der Waals surface area contributed by atoms with E-state index in [1.807, 2.05) is 12.1 Å². The highest BCUT2D eigenvalue weighted by molar-refractivity contribution is 5.77. The van der Waals surface area contributed by atoms with Gasteiger partial charge in [0.2, 0.25) is 5.91 Å². The van der Waals surface area contributed by atoms with Gasteiger partial charge in [0.05, 0.1) is 19.1 Å². The molecule has 0 aliphatic carbocycles. The van der Waals surface area contributed by atoms with Gasteiger partial charge < -0.3 is 14.7 Å². The van der Waals surface area contributed by atoms with Crippen molar-refractivity contribution in [2.75, 3.05) is 33.4 Å². The summed E-state index contributed by atoms with van der Waals surface area (Å²) in [4.78, 5) is 17.4. The van der Waals surface area contributed by atoms with Gasteiger partial charge in [0.1, 0.15) is 5.75 Å². The van der Waals surface area contributed by atoms with E-state index >= 15 is 0 Å². The summed E-state index contributed by atoms with van der Waals surface area (Å²) in [6, 6.07) is 8.30. The first-order chi connectivity index (χ1) is 11.7. The lowest BCUT2D eigenvalue weighted by atomic mass is 9.75. The lowest BCUT2D eigenvalue weighted by Crippen LogP contribution is -2.60. The molecule has 130 valence electrons. The third-order valence-electron chi connectivity index (χ3n) is 6.13. The monoisotopic (exact) mass is 330 g/mol. The van der Waals surface area contributed by atoms with Crippen LogP contribution in [0.3, 0.4) is 0 Å². The summed E-state index contributed by atoms with van der Waals surface area (Å²) in [6.07, 6.45) is 2.85. The average molecular weight is 330 g/mol.